The summed E-state index contributed by atoms with van der Waals surface area (Å²) in [6.45, 7) is 0. The van der Waals surface area contributed by atoms with Gasteiger partial charge in [0.25, 0.3) is 0 Å². The highest BCUT2D eigenvalue weighted by Crippen LogP contribution is 2.37. The molecule has 1 aliphatic carbocycles. The Balaban J connectivity index is 1.94. The SMILES string of the molecule is O=[N+]([O-])c1c(Nc2cc(C(F)(F)F)ccc2Cl)ncnc1NC1CCCCC1. The van der Waals surface area contributed by atoms with E-state index in [1.165, 1.54) is 0 Å². The number of hydrogen-bond donors (Lipinski definition) is 2. The van der Waals surface area contributed by atoms with Gasteiger partial charge < -0.3 is 10.6 Å². The van der Waals surface area contributed by atoms with Crippen molar-refractivity contribution < 1.29 is 18.1 Å². The van der Waals surface area contributed by atoms with Crippen molar-refractivity contribution in [2.45, 2.75) is 44.3 Å². The molecule has 3 rings (SSSR count). The minimum Gasteiger partial charge on any atom is -0.361 e. The van der Waals surface area contributed by atoms with Crippen LogP contribution >= 0.6 is 11.6 Å². The summed E-state index contributed by atoms with van der Waals surface area (Å²) in [6, 6.07) is 2.73. The highest BCUT2D eigenvalue weighted by atomic mass is 35.5. The van der Waals surface area contributed by atoms with Gasteiger partial charge in [0.2, 0.25) is 11.6 Å². The molecule has 0 radical (unpaired) electrons. The van der Waals surface area contributed by atoms with Gasteiger partial charge in [-0.2, -0.15) is 13.2 Å². The molecule has 0 unspecified atom stereocenters. The van der Waals surface area contributed by atoms with Crippen molar-refractivity contribution in [1.29, 1.82) is 0 Å². The average Bonchev–Trinajstić information content (AvgIpc) is 2.63. The Morgan fingerprint density at radius 2 is 1.82 bits per heavy atom. The van der Waals surface area contributed by atoms with Gasteiger partial charge in [-0.25, -0.2) is 9.97 Å². The molecule has 150 valence electrons. The number of hydrogen-bond acceptors (Lipinski definition) is 6. The van der Waals surface area contributed by atoms with Crippen LogP contribution < -0.4 is 10.6 Å². The zero-order valence-electron chi connectivity index (χ0n) is 14.6. The molecule has 1 heterocycles. The molecule has 1 fully saturated rings. The molecular formula is C17H17ClF3N5O2. The van der Waals surface area contributed by atoms with Gasteiger partial charge in [0, 0.05) is 6.04 Å². The van der Waals surface area contributed by atoms with Crippen LogP contribution in [0.25, 0.3) is 0 Å². The summed E-state index contributed by atoms with van der Waals surface area (Å²) < 4.78 is 38.9. The molecule has 0 bridgehead atoms. The summed E-state index contributed by atoms with van der Waals surface area (Å²) in [5.74, 6) is -0.211. The molecule has 1 saturated carbocycles. The average molecular weight is 416 g/mol. The van der Waals surface area contributed by atoms with Gasteiger partial charge in [0.1, 0.15) is 6.33 Å². The van der Waals surface area contributed by atoms with E-state index < -0.39 is 22.4 Å². The van der Waals surface area contributed by atoms with Gasteiger partial charge in [0.15, 0.2) is 0 Å². The Morgan fingerprint density at radius 1 is 1.14 bits per heavy atom. The van der Waals surface area contributed by atoms with Crippen LogP contribution in [0.4, 0.5) is 36.2 Å². The van der Waals surface area contributed by atoms with Gasteiger partial charge in [-0.05, 0) is 31.0 Å². The van der Waals surface area contributed by atoms with E-state index >= 15 is 0 Å². The maximum absolute atomic E-state index is 13.0. The number of halogens is 4. The van der Waals surface area contributed by atoms with E-state index in [0.717, 1.165) is 56.6 Å². The van der Waals surface area contributed by atoms with Gasteiger partial charge in [-0.15, -0.1) is 0 Å². The van der Waals surface area contributed by atoms with Crippen LogP contribution in [-0.2, 0) is 6.18 Å². The predicted molar refractivity (Wildman–Crippen MR) is 98.9 cm³/mol. The molecule has 2 N–H and O–H groups in total. The lowest BCUT2D eigenvalue weighted by Gasteiger charge is -2.23. The minimum atomic E-state index is -4.58. The molecule has 28 heavy (non-hydrogen) atoms. The van der Waals surface area contributed by atoms with Gasteiger partial charge >= 0.3 is 11.9 Å². The maximum atomic E-state index is 13.0. The highest BCUT2D eigenvalue weighted by molar-refractivity contribution is 6.33. The first-order chi connectivity index (χ1) is 13.3. The van der Waals surface area contributed by atoms with Crippen LogP contribution in [0.2, 0.25) is 5.02 Å². The molecule has 0 spiro atoms. The van der Waals surface area contributed by atoms with E-state index in [0.29, 0.717) is 0 Å². The summed E-state index contributed by atoms with van der Waals surface area (Å²) >= 11 is 5.96. The normalized spacial score (nSPS) is 15.3. The molecule has 2 aromatic rings. The molecule has 1 aromatic carbocycles. The summed E-state index contributed by atoms with van der Waals surface area (Å²) in [5, 5.41) is 17.2. The first-order valence-corrected chi connectivity index (χ1v) is 9.03. The van der Waals surface area contributed by atoms with Crippen molar-refractivity contribution in [2.24, 2.45) is 0 Å². The number of anilines is 3. The second-order valence-electron chi connectivity index (χ2n) is 6.47. The molecule has 0 aliphatic heterocycles. The van der Waals surface area contributed by atoms with Crippen LogP contribution in [0.15, 0.2) is 24.5 Å². The molecule has 0 atom stereocenters. The predicted octanol–water partition coefficient (Wildman–Crippen LogP) is 5.55. The minimum absolute atomic E-state index is 0.0253. The second-order valence-corrected chi connectivity index (χ2v) is 6.88. The fraction of sp³-hybridized carbons (Fsp3) is 0.412. The van der Waals surface area contributed by atoms with E-state index in [2.05, 4.69) is 20.6 Å². The van der Waals surface area contributed by atoms with Crippen molar-refractivity contribution in [2.75, 3.05) is 10.6 Å². The number of rotatable bonds is 5. The van der Waals surface area contributed by atoms with Crippen molar-refractivity contribution >= 4 is 34.6 Å². The lowest BCUT2D eigenvalue weighted by molar-refractivity contribution is -0.383. The van der Waals surface area contributed by atoms with E-state index in [-0.39, 0.29) is 28.4 Å². The number of benzene rings is 1. The summed E-state index contributed by atoms with van der Waals surface area (Å²) in [6.07, 6.45) is 1.41. The highest BCUT2D eigenvalue weighted by Gasteiger charge is 2.32. The van der Waals surface area contributed by atoms with E-state index in [1.807, 2.05) is 0 Å². The Labute approximate surface area is 163 Å². The summed E-state index contributed by atoms with van der Waals surface area (Å²) in [5.41, 5.74) is -1.51. The van der Waals surface area contributed by atoms with E-state index in [9.17, 15) is 23.3 Å². The van der Waals surface area contributed by atoms with Crippen molar-refractivity contribution in [3.63, 3.8) is 0 Å². The van der Waals surface area contributed by atoms with E-state index in [1.54, 1.807) is 0 Å². The van der Waals surface area contributed by atoms with Crippen LogP contribution in [0.3, 0.4) is 0 Å². The molecule has 0 amide bonds. The number of alkyl halides is 3. The summed E-state index contributed by atoms with van der Waals surface area (Å²) in [4.78, 5) is 18.7. The summed E-state index contributed by atoms with van der Waals surface area (Å²) in [7, 11) is 0. The van der Waals surface area contributed by atoms with Gasteiger partial charge in [-0.3, -0.25) is 10.1 Å². The van der Waals surface area contributed by atoms with Crippen molar-refractivity contribution in [1.82, 2.24) is 9.97 Å². The molecule has 1 aromatic heterocycles. The number of nitrogens with one attached hydrogen (secondary N) is 2. The number of nitrogens with zero attached hydrogens (tertiary/aromatic N) is 3. The van der Waals surface area contributed by atoms with Crippen LogP contribution in [0.5, 0.6) is 0 Å². The molecule has 11 heteroatoms. The maximum Gasteiger partial charge on any atom is 0.416 e. The van der Waals surface area contributed by atoms with Gasteiger partial charge in [-0.1, -0.05) is 30.9 Å². The lowest BCUT2D eigenvalue weighted by Crippen LogP contribution is -2.23. The zero-order chi connectivity index (χ0) is 20.3. The zero-order valence-corrected chi connectivity index (χ0v) is 15.3. The largest absolute Gasteiger partial charge is 0.416 e. The quantitative estimate of drug-likeness (QED) is 0.491. The molecule has 1 aliphatic rings. The monoisotopic (exact) mass is 415 g/mol. The van der Waals surface area contributed by atoms with Crippen molar-refractivity contribution in [3.05, 3.63) is 45.2 Å². The first-order valence-electron chi connectivity index (χ1n) is 8.65. The Hall–Kier alpha value is -2.62. The third kappa shape index (κ3) is 4.61. The fourth-order valence-corrected chi connectivity index (χ4v) is 3.28. The third-order valence-corrected chi connectivity index (χ3v) is 4.83. The third-order valence-electron chi connectivity index (χ3n) is 4.50. The second kappa shape index (κ2) is 8.17. The number of nitro groups is 1. The smallest absolute Gasteiger partial charge is 0.361 e. The lowest BCUT2D eigenvalue weighted by atomic mass is 9.95. The first kappa shape index (κ1) is 20.1. The van der Waals surface area contributed by atoms with Gasteiger partial charge in [0.05, 0.1) is 21.2 Å². The molecular weight excluding hydrogens is 399 g/mol. The van der Waals surface area contributed by atoms with Crippen molar-refractivity contribution in [3.8, 4) is 0 Å². The molecule has 7 nitrogen and oxygen atoms in total. The fourth-order valence-electron chi connectivity index (χ4n) is 3.11. The van der Waals surface area contributed by atoms with Crippen LogP contribution in [0, 0.1) is 10.1 Å². The standard InChI is InChI=1S/C17H17ClF3N5O2/c18-12-7-6-10(17(19,20)21)8-13(12)25-16-14(26(27)28)15(22-9-23-16)24-11-4-2-1-3-5-11/h6-9,11H,1-5H2,(H2,22,23,24,25). The molecule has 0 saturated heterocycles. The van der Waals surface area contributed by atoms with E-state index in [4.69, 9.17) is 11.6 Å². The van der Waals surface area contributed by atoms with Crippen LogP contribution in [-0.4, -0.2) is 20.9 Å². The Kier molecular flexibility index (Phi) is 5.87. The number of aromatic nitrogens is 2. The Bertz CT molecular complexity index is 872. The van der Waals surface area contributed by atoms with Crippen LogP contribution in [0.1, 0.15) is 37.7 Å². The Morgan fingerprint density at radius 3 is 2.46 bits per heavy atom. The topological polar surface area (TPSA) is 93.0 Å².